The molecule has 4 heteroatoms. The molecule has 3 aromatic rings. The molecule has 2 heterocycles. The smallest absolute Gasteiger partial charge is 0.159 e. The van der Waals surface area contributed by atoms with Crippen LogP contribution in [0.3, 0.4) is 0 Å². The average molecular weight is 265 g/mol. The Morgan fingerprint density at radius 3 is 2.60 bits per heavy atom. The zero-order valence-corrected chi connectivity index (χ0v) is 11.1. The van der Waals surface area contributed by atoms with E-state index in [-0.39, 0.29) is 0 Å². The Labute approximate surface area is 117 Å². The molecule has 4 nitrogen and oxygen atoms in total. The first kappa shape index (κ1) is 12.6. The van der Waals surface area contributed by atoms with Gasteiger partial charge in [0.2, 0.25) is 0 Å². The van der Waals surface area contributed by atoms with Gasteiger partial charge in [-0.1, -0.05) is 36.4 Å². The van der Waals surface area contributed by atoms with E-state index in [1.165, 1.54) is 0 Å². The molecule has 3 rings (SSSR count). The lowest BCUT2D eigenvalue weighted by molar-refractivity contribution is 0.198. The highest BCUT2D eigenvalue weighted by Crippen LogP contribution is 2.22. The van der Waals surface area contributed by atoms with Gasteiger partial charge in [-0.25, -0.2) is 9.67 Å². The number of hydrogen-bond acceptors (Lipinski definition) is 3. The number of aliphatic hydroxyl groups is 1. The Morgan fingerprint density at radius 2 is 1.85 bits per heavy atom. The third-order valence-corrected chi connectivity index (χ3v) is 3.17. The first-order chi connectivity index (χ1) is 9.75. The molecule has 0 aliphatic rings. The van der Waals surface area contributed by atoms with E-state index in [1.54, 1.807) is 24.0 Å². The summed E-state index contributed by atoms with van der Waals surface area (Å²) in [5.41, 5.74) is 2.89. The third-order valence-electron chi connectivity index (χ3n) is 3.17. The summed E-state index contributed by atoms with van der Waals surface area (Å²) in [6.07, 6.45) is 4.84. The molecule has 0 saturated carbocycles. The summed E-state index contributed by atoms with van der Waals surface area (Å²) in [4.78, 5) is 4.32. The van der Waals surface area contributed by atoms with Crippen LogP contribution in [-0.2, 0) is 0 Å². The van der Waals surface area contributed by atoms with E-state index in [9.17, 15) is 5.11 Å². The first-order valence-corrected chi connectivity index (χ1v) is 6.49. The van der Waals surface area contributed by atoms with Crippen molar-refractivity contribution in [3.8, 4) is 16.9 Å². The number of rotatable bonds is 3. The van der Waals surface area contributed by atoms with Gasteiger partial charge in [-0.15, -0.1) is 0 Å². The molecule has 0 bridgehead atoms. The number of aliphatic hydroxyl groups excluding tert-OH is 1. The standard InChI is InChI=1S/C16H15N3O/c1-12(20)15-8-5-9-17-16(15)19-11-14(10-18-19)13-6-3-2-4-7-13/h2-12,20H,1H3. The van der Waals surface area contributed by atoms with Crippen LogP contribution < -0.4 is 0 Å². The molecule has 100 valence electrons. The van der Waals surface area contributed by atoms with Crippen molar-refractivity contribution in [2.24, 2.45) is 0 Å². The predicted octanol–water partition coefficient (Wildman–Crippen LogP) is 2.99. The highest BCUT2D eigenvalue weighted by molar-refractivity contribution is 5.62. The van der Waals surface area contributed by atoms with Gasteiger partial charge in [-0.3, -0.25) is 0 Å². The average Bonchev–Trinajstić information content (AvgIpc) is 2.98. The van der Waals surface area contributed by atoms with Gasteiger partial charge in [0.15, 0.2) is 5.82 Å². The summed E-state index contributed by atoms with van der Waals surface area (Å²) in [6.45, 7) is 1.72. The summed E-state index contributed by atoms with van der Waals surface area (Å²) in [5, 5.41) is 14.2. The largest absolute Gasteiger partial charge is 0.389 e. The van der Waals surface area contributed by atoms with Crippen LogP contribution in [0.5, 0.6) is 0 Å². The van der Waals surface area contributed by atoms with Gasteiger partial charge in [0.05, 0.1) is 12.3 Å². The Balaban J connectivity index is 2.03. The van der Waals surface area contributed by atoms with Gasteiger partial charge >= 0.3 is 0 Å². The maximum Gasteiger partial charge on any atom is 0.159 e. The van der Waals surface area contributed by atoms with Gasteiger partial charge in [0.25, 0.3) is 0 Å². The molecule has 20 heavy (non-hydrogen) atoms. The monoisotopic (exact) mass is 265 g/mol. The van der Waals surface area contributed by atoms with Crippen LogP contribution in [-0.4, -0.2) is 19.9 Å². The first-order valence-electron chi connectivity index (χ1n) is 6.49. The summed E-state index contributed by atoms with van der Waals surface area (Å²) >= 11 is 0. The molecule has 1 unspecified atom stereocenters. The molecular weight excluding hydrogens is 250 g/mol. The summed E-state index contributed by atoms with van der Waals surface area (Å²) in [6, 6.07) is 13.7. The number of benzene rings is 1. The third kappa shape index (κ3) is 2.33. The van der Waals surface area contributed by atoms with Crippen molar-refractivity contribution in [2.45, 2.75) is 13.0 Å². The van der Waals surface area contributed by atoms with Gasteiger partial charge in [-0.05, 0) is 18.6 Å². The van der Waals surface area contributed by atoms with Crippen molar-refractivity contribution < 1.29 is 5.11 Å². The fourth-order valence-corrected chi connectivity index (χ4v) is 2.15. The fraction of sp³-hybridized carbons (Fsp3) is 0.125. The highest BCUT2D eigenvalue weighted by atomic mass is 16.3. The van der Waals surface area contributed by atoms with E-state index in [0.29, 0.717) is 5.82 Å². The van der Waals surface area contributed by atoms with Crippen molar-refractivity contribution >= 4 is 0 Å². The molecule has 2 aromatic heterocycles. The van der Waals surface area contributed by atoms with Crippen LogP contribution in [0, 0.1) is 0 Å². The highest BCUT2D eigenvalue weighted by Gasteiger charge is 2.11. The van der Waals surface area contributed by atoms with Gasteiger partial charge < -0.3 is 5.11 Å². The quantitative estimate of drug-likeness (QED) is 0.792. The minimum Gasteiger partial charge on any atom is -0.389 e. The van der Waals surface area contributed by atoms with Crippen molar-refractivity contribution in [3.63, 3.8) is 0 Å². The topological polar surface area (TPSA) is 50.9 Å². The minimum atomic E-state index is -0.580. The Hall–Kier alpha value is -2.46. The maximum absolute atomic E-state index is 9.81. The van der Waals surface area contributed by atoms with Crippen molar-refractivity contribution in [1.29, 1.82) is 0 Å². The minimum absolute atomic E-state index is 0.580. The van der Waals surface area contributed by atoms with Crippen LogP contribution in [0.15, 0.2) is 61.1 Å². The lowest BCUT2D eigenvalue weighted by Gasteiger charge is -2.10. The fourth-order valence-electron chi connectivity index (χ4n) is 2.15. The van der Waals surface area contributed by atoms with Gasteiger partial charge in [-0.2, -0.15) is 5.10 Å². The normalized spacial score (nSPS) is 12.3. The van der Waals surface area contributed by atoms with E-state index in [4.69, 9.17) is 0 Å². The molecule has 1 aromatic carbocycles. The molecule has 1 N–H and O–H groups in total. The van der Waals surface area contributed by atoms with Crippen LogP contribution in [0.2, 0.25) is 0 Å². The van der Waals surface area contributed by atoms with Gasteiger partial charge in [0, 0.05) is 23.5 Å². The van der Waals surface area contributed by atoms with Gasteiger partial charge in [0.1, 0.15) is 0 Å². The number of hydrogen-bond donors (Lipinski definition) is 1. The van der Waals surface area contributed by atoms with Crippen molar-refractivity contribution in [2.75, 3.05) is 0 Å². The van der Waals surface area contributed by atoms with E-state index >= 15 is 0 Å². The molecule has 0 radical (unpaired) electrons. The zero-order valence-electron chi connectivity index (χ0n) is 11.1. The second kappa shape index (κ2) is 5.27. The Bertz CT molecular complexity index is 705. The Morgan fingerprint density at radius 1 is 1.05 bits per heavy atom. The molecule has 0 aliphatic heterocycles. The van der Waals surface area contributed by atoms with E-state index in [0.717, 1.165) is 16.7 Å². The molecule has 1 atom stereocenters. The van der Waals surface area contributed by atoms with Crippen LogP contribution >= 0.6 is 0 Å². The van der Waals surface area contributed by atoms with Crippen LogP contribution in [0.25, 0.3) is 16.9 Å². The SMILES string of the molecule is CC(O)c1cccnc1-n1cc(-c2ccccc2)cn1. The molecule has 0 spiro atoms. The van der Waals surface area contributed by atoms with E-state index in [2.05, 4.69) is 10.1 Å². The number of pyridine rings is 1. The zero-order chi connectivity index (χ0) is 13.9. The van der Waals surface area contributed by atoms with Crippen LogP contribution in [0.4, 0.5) is 0 Å². The molecule has 0 saturated heterocycles. The molecule has 0 amide bonds. The summed E-state index contributed by atoms with van der Waals surface area (Å²) in [5.74, 6) is 0.657. The number of aromatic nitrogens is 3. The molecule has 0 aliphatic carbocycles. The van der Waals surface area contributed by atoms with Crippen molar-refractivity contribution in [3.05, 3.63) is 66.6 Å². The van der Waals surface area contributed by atoms with E-state index in [1.807, 2.05) is 48.7 Å². The lowest BCUT2D eigenvalue weighted by Crippen LogP contribution is -2.05. The maximum atomic E-state index is 9.81. The Kier molecular flexibility index (Phi) is 3.31. The predicted molar refractivity (Wildman–Crippen MR) is 77.4 cm³/mol. The molecule has 0 fully saturated rings. The van der Waals surface area contributed by atoms with Crippen molar-refractivity contribution in [1.82, 2.24) is 14.8 Å². The summed E-state index contributed by atoms with van der Waals surface area (Å²) in [7, 11) is 0. The number of nitrogens with zero attached hydrogens (tertiary/aromatic N) is 3. The second-order valence-electron chi connectivity index (χ2n) is 4.63. The lowest BCUT2D eigenvalue weighted by atomic mass is 10.1. The van der Waals surface area contributed by atoms with Crippen LogP contribution in [0.1, 0.15) is 18.6 Å². The molecular formula is C16H15N3O. The summed E-state index contributed by atoms with van der Waals surface area (Å²) < 4.78 is 1.70. The van der Waals surface area contributed by atoms with E-state index < -0.39 is 6.10 Å². The second-order valence-corrected chi connectivity index (χ2v) is 4.63.